The summed E-state index contributed by atoms with van der Waals surface area (Å²) in [6.07, 6.45) is -4.91. The van der Waals surface area contributed by atoms with Crippen LogP contribution >= 0.6 is 0 Å². The Morgan fingerprint density at radius 2 is 1.58 bits per heavy atom. The Morgan fingerprint density at radius 3 is 2.21 bits per heavy atom. The number of nitrogens with zero attached hydrogens (tertiary/aromatic N) is 3. The Labute approximate surface area is 187 Å². The molecule has 1 atom stereocenters. The summed E-state index contributed by atoms with van der Waals surface area (Å²) in [5.41, 5.74) is 0.751. The van der Waals surface area contributed by atoms with Crippen LogP contribution < -0.4 is 9.46 Å². The lowest BCUT2D eigenvalue weighted by atomic mass is 10.1. The van der Waals surface area contributed by atoms with Crippen LogP contribution in [0.4, 0.5) is 19.0 Å². The maximum atomic E-state index is 13.8. The Bertz CT molecular complexity index is 1350. The summed E-state index contributed by atoms with van der Waals surface area (Å²) >= 11 is 0. The number of benzene rings is 2. The van der Waals surface area contributed by atoms with Crippen LogP contribution in [0.1, 0.15) is 17.2 Å². The molecule has 0 saturated carbocycles. The van der Waals surface area contributed by atoms with Crippen LogP contribution in [0, 0.1) is 0 Å². The minimum Gasteiger partial charge on any atom is -0.457 e. The van der Waals surface area contributed by atoms with Gasteiger partial charge in [0.15, 0.2) is 0 Å². The molecule has 0 aliphatic heterocycles. The van der Waals surface area contributed by atoms with E-state index in [1.807, 2.05) is 0 Å². The number of sulfonamides is 1. The third-order valence-electron chi connectivity index (χ3n) is 4.50. The SMILES string of the molecule is O=S(=O)(Cc1ccccc1)Nc1nc2ccccc2nc1OC(c1cccnc1)C(F)(F)F. The average Bonchev–Trinajstić information content (AvgIpc) is 2.77. The fraction of sp³-hybridized carbons (Fsp3) is 0.136. The van der Waals surface area contributed by atoms with Crippen LogP contribution in [0.2, 0.25) is 0 Å². The van der Waals surface area contributed by atoms with Gasteiger partial charge in [0, 0.05) is 18.0 Å². The third-order valence-corrected chi connectivity index (χ3v) is 5.72. The summed E-state index contributed by atoms with van der Waals surface area (Å²) < 4.78 is 74.4. The van der Waals surface area contributed by atoms with Gasteiger partial charge >= 0.3 is 6.18 Å². The first-order chi connectivity index (χ1) is 15.7. The molecule has 1 N–H and O–H groups in total. The fourth-order valence-electron chi connectivity index (χ4n) is 3.08. The van der Waals surface area contributed by atoms with E-state index in [2.05, 4.69) is 19.7 Å². The van der Waals surface area contributed by atoms with Crippen LogP contribution in [-0.4, -0.2) is 29.5 Å². The number of halogens is 3. The van der Waals surface area contributed by atoms with Crippen LogP contribution in [-0.2, 0) is 15.8 Å². The molecule has 0 amide bonds. The number of anilines is 1. The van der Waals surface area contributed by atoms with E-state index in [1.165, 1.54) is 24.4 Å². The van der Waals surface area contributed by atoms with E-state index >= 15 is 0 Å². The Hall–Kier alpha value is -3.73. The monoisotopic (exact) mass is 474 g/mol. The van der Waals surface area contributed by atoms with Crippen molar-refractivity contribution >= 4 is 26.9 Å². The highest BCUT2D eigenvalue weighted by molar-refractivity contribution is 7.91. The van der Waals surface area contributed by atoms with E-state index in [-0.39, 0.29) is 16.6 Å². The molecule has 2 heterocycles. The van der Waals surface area contributed by atoms with Crippen molar-refractivity contribution in [3.8, 4) is 5.88 Å². The van der Waals surface area contributed by atoms with E-state index in [9.17, 15) is 21.6 Å². The van der Waals surface area contributed by atoms with Gasteiger partial charge in [-0.15, -0.1) is 0 Å². The molecule has 0 spiro atoms. The number of alkyl halides is 3. The minimum absolute atomic E-state index is 0.241. The largest absolute Gasteiger partial charge is 0.457 e. The molecule has 0 aliphatic carbocycles. The number of hydrogen-bond donors (Lipinski definition) is 1. The summed E-state index contributed by atoms with van der Waals surface area (Å²) in [5.74, 6) is -1.45. The van der Waals surface area contributed by atoms with Crippen molar-refractivity contribution < 1.29 is 26.3 Å². The van der Waals surface area contributed by atoms with Gasteiger partial charge in [0.1, 0.15) is 0 Å². The summed E-state index contributed by atoms with van der Waals surface area (Å²) in [6, 6.07) is 17.2. The molecule has 170 valence electrons. The standard InChI is InChI=1S/C22H17F3N4O3S/c23-22(24,25)19(16-9-6-12-26-13-16)32-21-20(27-17-10-4-5-11-18(17)28-21)29-33(30,31)14-15-7-2-1-3-8-15/h1-13,19H,14H2,(H,27,29). The second-order valence-corrected chi connectivity index (χ2v) is 8.76. The van der Waals surface area contributed by atoms with Crippen molar-refractivity contribution in [3.05, 3.63) is 90.3 Å². The van der Waals surface area contributed by atoms with Gasteiger partial charge in [0.25, 0.3) is 5.88 Å². The van der Waals surface area contributed by atoms with Crippen molar-refractivity contribution in [2.45, 2.75) is 18.0 Å². The summed E-state index contributed by atoms with van der Waals surface area (Å²) in [7, 11) is -4.04. The number of para-hydroxylation sites is 2. The molecule has 1 unspecified atom stereocenters. The molecule has 33 heavy (non-hydrogen) atoms. The maximum absolute atomic E-state index is 13.8. The third kappa shape index (κ3) is 5.55. The number of rotatable bonds is 7. The van der Waals surface area contributed by atoms with Crippen molar-refractivity contribution in [2.24, 2.45) is 0 Å². The number of hydrogen-bond acceptors (Lipinski definition) is 6. The van der Waals surface area contributed by atoms with Gasteiger partial charge in [-0.05, 0) is 23.8 Å². The minimum atomic E-state index is -4.82. The number of fused-ring (bicyclic) bond motifs is 1. The Morgan fingerprint density at radius 1 is 0.909 bits per heavy atom. The first-order valence-electron chi connectivity index (χ1n) is 9.66. The molecule has 2 aromatic carbocycles. The number of pyridine rings is 1. The molecule has 2 aromatic heterocycles. The topological polar surface area (TPSA) is 94.1 Å². The molecule has 7 nitrogen and oxygen atoms in total. The molecule has 0 bridgehead atoms. The van der Waals surface area contributed by atoms with Crippen molar-refractivity contribution in [2.75, 3.05) is 4.72 Å². The predicted octanol–water partition coefficient (Wildman–Crippen LogP) is 4.65. The van der Waals surface area contributed by atoms with E-state index < -0.39 is 39.8 Å². The van der Waals surface area contributed by atoms with Gasteiger partial charge in [-0.25, -0.2) is 18.4 Å². The van der Waals surface area contributed by atoms with E-state index in [0.29, 0.717) is 5.56 Å². The Kier molecular flexibility index (Phi) is 6.14. The molecule has 4 aromatic rings. The lowest BCUT2D eigenvalue weighted by Crippen LogP contribution is -2.27. The second-order valence-electron chi connectivity index (χ2n) is 7.04. The summed E-state index contributed by atoms with van der Waals surface area (Å²) in [6.45, 7) is 0. The molecule has 0 aliphatic rings. The quantitative estimate of drug-likeness (QED) is 0.419. The molecule has 11 heteroatoms. The maximum Gasteiger partial charge on any atom is 0.429 e. The van der Waals surface area contributed by atoms with Gasteiger partial charge in [0.2, 0.25) is 21.9 Å². The zero-order chi connectivity index (χ0) is 23.5. The van der Waals surface area contributed by atoms with Gasteiger partial charge in [-0.3, -0.25) is 9.71 Å². The normalized spacial score (nSPS) is 12.9. The van der Waals surface area contributed by atoms with Gasteiger partial charge in [-0.1, -0.05) is 48.5 Å². The van der Waals surface area contributed by atoms with Gasteiger partial charge in [-0.2, -0.15) is 13.2 Å². The number of ether oxygens (including phenoxy) is 1. The predicted molar refractivity (Wildman–Crippen MR) is 116 cm³/mol. The van der Waals surface area contributed by atoms with Crippen LogP contribution in [0.15, 0.2) is 79.1 Å². The first-order valence-corrected chi connectivity index (χ1v) is 11.3. The molecule has 4 rings (SSSR count). The van der Waals surface area contributed by atoms with Gasteiger partial charge < -0.3 is 4.74 Å². The second kappa shape index (κ2) is 9.02. The highest BCUT2D eigenvalue weighted by atomic mass is 32.2. The number of aromatic nitrogens is 3. The molecule has 0 fully saturated rings. The zero-order valence-electron chi connectivity index (χ0n) is 16.9. The smallest absolute Gasteiger partial charge is 0.429 e. The Balaban J connectivity index is 1.74. The molecule has 0 saturated heterocycles. The molecular weight excluding hydrogens is 457 g/mol. The van der Waals surface area contributed by atoms with E-state index in [4.69, 9.17) is 4.74 Å². The van der Waals surface area contributed by atoms with Crippen molar-refractivity contribution in [1.82, 2.24) is 15.0 Å². The molecular formula is C22H17F3N4O3S. The van der Waals surface area contributed by atoms with Crippen LogP contribution in [0.25, 0.3) is 11.0 Å². The average molecular weight is 474 g/mol. The van der Waals surface area contributed by atoms with Crippen LogP contribution in [0.5, 0.6) is 5.88 Å². The first kappa shape index (κ1) is 22.5. The summed E-state index contributed by atoms with van der Waals surface area (Å²) in [5, 5.41) is 0. The van der Waals surface area contributed by atoms with Crippen LogP contribution in [0.3, 0.4) is 0 Å². The highest BCUT2D eigenvalue weighted by Crippen LogP contribution is 2.38. The summed E-state index contributed by atoms with van der Waals surface area (Å²) in [4.78, 5) is 12.0. The lowest BCUT2D eigenvalue weighted by molar-refractivity contribution is -0.198. The lowest BCUT2D eigenvalue weighted by Gasteiger charge is -2.22. The highest BCUT2D eigenvalue weighted by Gasteiger charge is 2.44. The van der Waals surface area contributed by atoms with Crippen molar-refractivity contribution in [1.29, 1.82) is 0 Å². The van der Waals surface area contributed by atoms with Crippen molar-refractivity contribution in [3.63, 3.8) is 0 Å². The van der Waals surface area contributed by atoms with E-state index in [0.717, 1.165) is 6.20 Å². The zero-order valence-corrected chi connectivity index (χ0v) is 17.7. The molecule has 0 radical (unpaired) electrons. The number of nitrogens with one attached hydrogen (secondary N) is 1. The van der Waals surface area contributed by atoms with E-state index in [1.54, 1.807) is 48.5 Å². The van der Waals surface area contributed by atoms with Gasteiger partial charge in [0.05, 0.1) is 16.8 Å². The fourth-order valence-corrected chi connectivity index (χ4v) is 4.21.